The van der Waals surface area contributed by atoms with Crippen LogP contribution >= 0.6 is 0 Å². The van der Waals surface area contributed by atoms with Gasteiger partial charge in [-0.2, -0.15) is 0 Å². The molecule has 1 saturated carbocycles. The Balaban J connectivity index is 2.13. The fraction of sp³-hybridized carbons (Fsp3) is 0.500. The van der Waals surface area contributed by atoms with E-state index < -0.39 is 0 Å². The first-order valence-corrected chi connectivity index (χ1v) is 5.38. The Morgan fingerprint density at radius 1 is 1.20 bits per heavy atom. The molecule has 15 heavy (non-hydrogen) atoms. The highest BCUT2D eigenvalue weighted by Crippen LogP contribution is 2.28. The molecule has 3 heteroatoms. The van der Waals surface area contributed by atoms with E-state index in [-0.39, 0.29) is 17.9 Å². The highest BCUT2D eigenvalue weighted by molar-refractivity contribution is 5.49. The van der Waals surface area contributed by atoms with Crippen molar-refractivity contribution in [3.63, 3.8) is 0 Å². The molecule has 1 aliphatic rings. The molecule has 0 aliphatic heterocycles. The number of nitrogens with zero attached hydrogens (tertiary/aromatic N) is 1. The molecule has 1 fully saturated rings. The molecule has 82 valence electrons. The molecular weight excluding hydrogens is 190 g/mol. The molecular formula is C12H17NO2. The lowest BCUT2D eigenvalue weighted by atomic mass is 10.1. The summed E-state index contributed by atoms with van der Waals surface area (Å²) in [6.07, 6.45) is 2.81. The molecule has 0 spiro atoms. The van der Waals surface area contributed by atoms with Crippen LogP contribution < -0.4 is 4.90 Å². The van der Waals surface area contributed by atoms with Gasteiger partial charge in [0.2, 0.25) is 0 Å². The number of phenolic OH excluding ortho intramolecular Hbond substituents is 1. The van der Waals surface area contributed by atoms with Gasteiger partial charge >= 0.3 is 0 Å². The molecule has 0 amide bonds. The predicted octanol–water partition coefficient (Wildman–Crippen LogP) is 1.74. The summed E-state index contributed by atoms with van der Waals surface area (Å²) in [7, 11) is 1.99. The summed E-state index contributed by atoms with van der Waals surface area (Å²) in [5.74, 6) is 0.277. The van der Waals surface area contributed by atoms with Crippen molar-refractivity contribution in [2.75, 3.05) is 11.9 Å². The first-order chi connectivity index (χ1) is 7.18. The van der Waals surface area contributed by atoms with Gasteiger partial charge in [0.25, 0.3) is 0 Å². The monoisotopic (exact) mass is 207 g/mol. The van der Waals surface area contributed by atoms with Crippen molar-refractivity contribution >= 4 is 5.69 Å². The van der Waals surface area contributed by atoms with Crippen LogP contribution in [0.5, 0.6) is 5.75 Å². The highest BCUT2D eigenvalue weighted by Gasteiger charge is 2.28. The number of aliphatic hydroxyl groups excluding tert-OH is 1. The summed E-state index contributed by atoms with van der Waals surface area (Å²) in [6, 6.07) is 7.32. The van der Waals surface area contributed by atoms with Crippen LogP contribution in [0.3, 0.4) is 0 Å². The van der Waals surface area contributed by atoms with E-state index in [9.17, 15) is 10.2 Å². The minimum Gasteiger partial charge on any atom is -0.508 e. The number of hydrogen-bond acceptors (Lipinski definition) is 3. The maximum atomic E-state index is 9.78. The summed E-state index contributed by atoms with van der Waals surface area (Å²) in [5.41, 5.74) is 1.04. The Morgan fingerprint density at radius 3 is 2.40 bits per heavy atom. The van der Waals surface area contributed by atoms with Gasteiger partial charge in [0.1, 0.15) is 5.75 Å². The number of anilines is 1. The van der Waals surface area contributed by atoms with Crippen LogP contribution in [0, 0.1) is 0 Å². The van der Waals surface area contributed by atoms with Crippen molar-refractivity contribution in [2.45, 2.75) is 31.4 Å². The second-order valence-electron chi connectivity index (χ2n) is 4.19. The smallest absolute Gasteiger partial charge is 0.115 e. The van der Waals surface area contributed by atoms with Gasteiger partial charge in [0.15, 0.2) is 0 Å². The van der Waals surface area contributed by atoms with Crippen molar-refractivity contribution < 1.29 is 10.2 Å². The maximum absolute atomic E-state index is 9.78. The number of aliphatic hydroxyl groups is 1. The van der Waals surface area contributed by atoms with E-state index in [1.54, 1.807) is 12.1 Å². The summed E-state index contributed by atoms with van der Waals surface area (Å²) in [4.78, 5) is 2.09. The van der Waals surface area contributed by atoms with Crippen LogP contribution in [-0.4, -0.2) is 29.4 Å². The first-order valence-electron chi connectivity index (χ1n) is 5.38. The number of aromatic hydroxyl groups is 1. The van der Waals surface area contributed by atoms with Gasteiger partial charge in [-0.3, -0.25) is 0 Å². The second kappa shape index (κ2) is 4.11. The third kappa shape index (κ3) is 2.07. The predicted molar refractivity (Wildman–Crippen MR) is 60.2 cm³/mol. The molecule has 0 bridgehead atoms. The van der Waals surface area contributed by atoms with Gasteiger partial charge in [-0.05, 0) is 43.5 Å². The zero-order chi connectivity index (χ0) is 10.8. The lowest BCUT2D eigenvalue weighted by molar-refractivity contribution is 0.163. The van der Waals surface area contributed by atoms with Crippen LogP contribution in [0.2, 0.25) is 0 Å². The molecule has 0 aromatic heterocycles. The Kier molecular flexibility index (Phi) is 2.82. The first kappa shape index (κ1) is 10.3. The molecule has 3 nitrogen and oxygen atoms in total. The van der Waals surface area contributed by atoms with E-state index in [0.29, 0.717) is 0 Å². The molecule has 2 atom stereocenters. The summed E-state index contributed by atoms with van der Waals surface area (Å²) in [6.45, 7) is 0. The number of benzene rings is 1. The lowest BCUT2D eigenvalue weighted by Gasteiger charge is -2.29. The summed E-state index contributed by atoms with van der Waals surface area (Å²) < 4.78 is 0. The summed E-state index contributed by atoms with van der Waals surface area (Å²) >= 11 is 0. The normalized spacial score (nSPS) is 25.5. The van der Waals surface area contributed by atoms with Crippen molar-refractivity contribution in [2.24, 2.45) is 0 Å². The zero-order valence-corrected chi connectivity index (χ0v) is 8.93. The Morgan fingerprint density at radius 2 is 1.87 bits per heavy atom. The van der Waals surface area contributed by atoms with E-state index in [1.807, 2.05) is 19.2 Å². The average molecular weight is 207 g/mol. The molecule has 1 aromatic carbocycles. The molecule has 0 radical (unpaired) electrons. The highest BCUT2D eigenvalue weighted by atomic mass is 16.3. The molecule has 2 rings (SSSR count). The van der Waals surface area contributed by atoms with E-state index in [4.69, 9.17) is 0 Å². The van der Waals surface area contributed by atoms with Crippen LogP contribution in [-0.2, 0) is 0 Å². The largest absolute Gasteiger partial charge is 0.508 e. The Bertz CT molecular complexity index is 323. The molecule has 2 N–H and O–H groups in total. The minimum atomic E-state index is -0.219. The third-order valence-electron chi connectivity index (χ3n) is 3.20. The fourth-order valence-electron chi connectivity index (χ4n) is 2.25. The number of phenols is 1. The molecule has 1 aromatic rings. The van der Waals surface area contributed by atoms with E-state index in [2.05, 4.69) is 4.90 Å². The SMILES string of the molecule is CN(c1ccc(O)cc1)[C@@H]1CCC[C@H]1O. The zero-order valence-electron chi connectivity index (χ0n) is 8.93. The van der Waals surface area contributed by atoms with Crippen molar-refractivity contribution in [1.29, 1.82) is 0 Å². The van der Waals surface area contributed by atoms with Crippen LogP contribution in [0.25, 0.3) is 0 Å². The quantitative estimate of drug-likeness (QED) is 0.776. The van der Waals surface area contributed by atoms with Gasteiger partial charge in [-0.25, -0.2) is 0 Å². The Labute approximate surface area is 90.0 Å². The number of rotatable bonds is 2. The van der Waals surface area contributed by atoms with Gasteiger partial charge in [-0.1, -0.05) is 0 Å². The number of likely N-dealkylation sites (N-methyl/N-ethyl adjacent to an activating group) is 1. The van der Waals surface area contributed by atoms with Gasteiger partial charge in [0.05, 0.1) is 12.1 Å². The number of hydrogen-bond donors (Lipinski definition) is 2. The Hall–Kier alpha value is -1.22. The van der Waals surface area contributed by atoms with Crippen molar-refractivity contribution in [3.05, 3.63) is 24.3 Å². The van der Waals surface area contributed by atoms with E-state index in [0.717, 1.165) is 24.9 Å². The summed E-state index contributed by atoms with van der Waals surface area (Å²) in [5, 5.41) is 19.0. The van der Waals surface area contributed by atoms with Crippen LogP contribution in [0.1, 0.15) is 19.3 Å². The van der Waals surface area contributed by atoms with Gasteiger partial charge in [0, 0.05) is 12.7 Å². The topological polar surface area (TPSA) is 43.7 Å². The van der Waals surface area contributed by atoms with Crippen molar-refractivity contribution in [3.8, 4) is 5.75 Å². The average Bonchev–Trinajstić information content (AvgIpc) is 2.65. The lowest BCUT2D eigenvalue weighted by Crippen LogP contribution is -2.37. The van der Waals surface area contributed by atoms with Gasteiger partial charge in [-0.15, -0.1) is 0 Å². The molecule has 0 unspecified atom stereocenters. The van der Waals surface area contributed by atoms with Crippen LogP contribution in [0.15, 0.2) is 24.3 Å². The second-order valence-corrected chi connectivity index (χ2v) is 4.19. The third-order valence-corrected chi connectivity index (χ3v) is 3.20. The van der Waals surface area contributed by atoms with Gasteiger partial charge < -0.3 is 15.1 Å². The van der Waals surface area contributed by atoms with E-state index >= 15 is 0 Å². The fourth-order valence-corrected chi connectivity index (χ4v) is 2.25. The minimum absolute atomic E-state index is 0.217. The molecule has 0 heterocycles. The van der Waals surface area contributed by atoms with E-state index in [1.165, 1.54) is 0 Å². The standard InChI is InChI=1S/C12H17NO2/c1-13(11-3-2-4-12(11)15)9-5-7-10(14)8-6-9/h5-8,11-12,14-15H,2-4H2,1H3/t11-,12-/m1/s1. The molecule has 1 aliphatic carbocycles. The van der Waals surface area contributed by atoms with Crippen molar-refractivity contribution in [1.82, 2.24) is 0 Å². The van der Waals surface area contributed by atoms with Crippen LogP contribution in [0.4, 0.5) is 5.69 Å². The molecule has 0 saturated heterocycles. The maximum Gasteiger partial charge on any atom is 0.115 e.